The van der Waals surface area contributed by atoms with Gasteiger partial charge in [0.15, 0.2) is 23.2 Å². The van der Waals surface area contributed by atoms with Crippen LogP contribution >= 0.6 is 11.8 Å². The number of halogens is 3. The molecule has 0 amide bonds. The van der Waals surface area contributed by atoms with Gasteiger partial charge in [0.05, 0.1) is 5.56 Å². The molecule has 0 aromatic heterocycles. The molecule has 0 radical (unpaired) electrons. The average molecular weight is 300 g/mol. The number of hydrogen-bond acceptors (Lipinski definition) is 2. The van der Waals surface area contributed by atoms with E-state index in [2.05, 4.69) is 0 Å². The van der Waals surface area contributed by atoms with E-state index < -0.39 is 17.5 Å². The van der Waals surface area contributed by atoms with Gasteiger partial charge in [-0.25, -0.2) is 13.2 Å². The van der Waals surface area contributed by atoms with Gasteiger partial charge in [-0.15, -0.1) is 0 Å². The lowest BCUT2D eigenvalue weighted by Gasteiger charge is -2.37. The third kappa shape index (κ3) is 2.48. The first-order valence-corrected chi connectivity index (χ1v) is 7.83. The highest BCUT2D eigenvalue weighted by Crippen LogP contribution is 2.44. The van der Waals surface area contributed by atoms with Crippen molar-refractivity contribution in [3.8, 4) is 0 Å². The van der Waals surface area contributed by atoms with Crippen LogP contribution in [0, 0.1) is 23.4 Å². The highest BCUT2D eigenvalue weighted by atomic mass is 32.2. The normalized spacial score (nSPS) is 29.2. The predicted molar refractivity (Wildman–Crippen MR) is 72.4 cm³/mol. The SMILES string of the molecule is O=C(c1ccc(F)c(F)c1F)C1CC2CCCC(C1)S2. The number of benzene rings is 1. The Kier molecular flexibility index (Phi) is 3.80. The number of thioether (sulfide) groups is 1. The van der Waals surface area contributed by atoms with Crippen molar-refractivity contribution in [1.29, 1.82) is 0 Å². The minimum Gasteiger partial charge on any atom is -0.294 e. The van der Waals surface area contributed by atoms with E-state index in [0.29, 0.717) is 10.5 Å². The summed E-state index contributed by atoms with van der Waals surface area (Å²) in [5.74, 6) is -4.79. The fourth-order valence-corrected chi connectivity index (χ4v) is 5.05. The Morgan fingerprint density at radius 3 is 2.35 bits per heavy atom. The van der Waals surface area contributed by atoms with Gasteiger partial charge in [0.1, 0.15) is 0 Å². The van der Waals surface area contributed by atoms with E-state index in [0.717, 1.165) is 37.8 Å². The molecule has 2 atom stereocenters. The molecule has 2 fully saturated rings. The van der Waals surface area contributed by atoms with E-state index in [1.807, 2.05) is 11.8 Å². The van der Waals surface area contributed by atoms with Gasteiger partial charge in [0.25, 0.3) is 0 Å². The zero-order chi connectivity index (χ0) is 14.3. The molecule has 5 heteroatoms. The topological polar surface area (TPSA) is 17.1 Å². The molecule has 3 rings (SSSR count). The molecule has 1 aromatic rings. The van der Waals surface area contributed by atoms with Crippen LogP contribution in [0.5, 0.6) is 0 Å². The maximum Gasteiger partial charge on any atom is 0.195 e. The summed E-state index contributed by atoms with van der Waals surface area (Å²) in [6, 6.07) is 1.89. The van der Waals surface area contributed by atoms with Crippen LogP contribution in [0.2, 0.25) is 0 Å². The van der Waals surface area contributed by atoms with Crippen molar-refractivity contribution >= 4 is 17.5 Å². The lowest BCUT2D eigenvalue weighted by Crippen LogP contribution is -2.33. The van der Waals surface area contributed by atoms with Crippen molar-refractivity contribution in [2.45, 2.75) is 42.6 Å². The van der Waals surface area contributed by atoms with Gasteiger partial charge in [-0.3, -0.25) is 4.79 Å². The number of carbonyl (C=O) groups is 1. The lowest BCUT2D eigenvalue weighted by atomic mass is 9.84. The molecule has 2 saturated heterocycles. The first-order valence-electron chi connectivity index (χ1n) is 6.89. The standard InChI is InChI=1S/C15H15F3OS/c16-12-5-4-11(13(17)14(12)18)15(19)8-6-9-2-1-3-10(7-8)20-9/h4-5,8-10H,1-3,6-7H2. The lowest BCUT2D eigenvalue weighted by molar-refractivity contribution is 0.0891. The number of carbonyl (C=O) groups excluding carboxylic acids is 1. The van der Waals surface area contributed by atoms with E-state index in [9.17, 15) is 18.0 Å². The van der Waals surface area contributed by atoms with Gasteiger partial charge in [0, 0.05) is 16.4 Å². The molecular weight excluding hydrogens is 285 g/mol. The van der Waals surface area contributed by atoms with Crippen LogP contribution in [0.15, 0.2) is 12.1 Å². The maximum absolute atomic E-state index is 13.7. The number of hydrogen-bond donors (Lipinski definition) is 0. The van der Waals surface area contributed by atoms with Crippen molar-refractivity contribution in [2.75, 3.05) is 0 Å². The van der Waals surface area contributed by atoms with Crippen LogP contribution in [0.3, 0.4) is 0 Å². The first-order chi connectivity index (χ1) is 9.56. The summed E-state index contributed by atoms with van der Waals surface area (Å²) in [4.78, 5) is 12.4. The predicted octanol–water partition coefficient (Wildman–Crippen LogP) is 4.35. The largest absolute Gasteiger partial charge is 0.294 e. The van der Waals surface area contributed by atoms with E-state index in [4.69, 9.17) is 0 Å². The number of rotatable bonds is 2. The fraction of sp³-hybridized carbons (Fsp3) is 0.533. The van der Waals surface area contributed by atoms with Gasteiger partial charge in [0.2, 0.25) is 0 Å². The Bertz CT molecular complexity index is 534. The molecule has 2 unspecified atom stereocenters. The molecule has 1 nitrogen and oxygen atoms in total. The quantitative estimate of drug-likeness (QED) is 0.596. The Morgan fingerprint density at radius 1 is 1.05 bits per heavy atom. The number of Topliss-reactive ketones (excluding diaryl/α,β-unsaturated/α-hetero) is 1. The zero-order valence-electron chi connectivity index (χ0n) is 10.9. The Hall–Kier alpha value is -0.970. The summed E-state index contributed by atoms with van der Waals surface area (Å²) >= 11 is 1.92. The Morgan fingerprint density at radius 2 is 1.70 bits per heavy atom. The van der Waals surface area contributed by atoms with E-state index in [1.165, 1.54) is 6.42 Å². The van der Waals surface area contributed by atoms with Crippen LogP contribution < -0.4 is 0 Å². The zero-order valence-corrected chi connectivity index (χ0v) is 11.7. The van der Waals surface area contributed by atoms with Gasteiger partial charge in [-0.2, -0.15) is 11.8 Å². The molecule has 2 heterocycles. The second-order valence-electron chi connectivity index (χ2n) is 5.57. The molecule has 0 saturated carbocycles. The van der Waals surface area contributed by atoms with Gasteiger partial charge in [-0.05, 0) is 37.8 Å². The molecule has 1 aromatic carbocycles. The van der Waals surface area contributed by atoms with Crippen molar-refractivity contribution in [3.05, 3.63) is 35.1 Å². The minimum absolute atomic E-state index is 0.258. The van der Waals surface area contributed by atoms with Crippen LogP contribution in [0.4, 0.5) is 13.2 Å². The van der Waals surface area contributed by atoms with E-state index in [1.54, 1.807) is 0 Å². The maximum atomic E-state index is 13.7. The summed E-state index contributed by atoms with van der Waals surface area (Å²) in [6.07, 6.45) is 4.80. The third-order valence-corrected chi connectivity index (χ3v) is 5.83. The Balaban J connectivity index is 1.84. The van der Waals surface area contributed by atoms with E-state index >= 15 is 0 Å². The molecular formula is C15H15F3OS. The number of fused-ring (bicyclic) bond motifs is 2. The molecule has 2 aliphatic rings. The molecule has 2 aliphatic heterocycles. The van der Waals surface area contributed by atoms with E-state index in [-0.39, 0.29) is 17.3 Å². The minimum atomic E-state index is -1.55. The van der Waals surface area contributed by atoms with Crippen molar-refractivity contribution in [3.63, 3.8) is 0 Å². The fourth-order valence-electron chi connectivity index (χ4n) is 3.21. The van der Waals surface area contributed by atoms with Crippen molar-refractivity contribution in [2.24, 2.45) is 5.92 Å². The molecule has 2 bridgehead atoms. The van der Waals surface area contributed by atoms with Crippen LogP contribution in [-0.2, 0) is 0 Å². The molecule has 0 N–H and O–H groups in total. The van der Waals surface area contributed by atoms with Crippen molar-refractivity contribution < 1.29 is 18.0 Å². The third-order valence-electron chi connectivity index (χ3n) is 4.20. The summed E-state index contributed by atoms with van der Waals surface area (Å²) < 4.78 is 39.9. The van der Waals surface area contributed by atoms with Crippen molar-refractivity contribution in [1.82, 2.24) is 0 Å². The molecule has 0 aliphatic carbocycles. The first kappa shape index (κ1) is 14.0. The summed E-state index contributed by atoms with van der Waals surface area (Å²) in [5, 5.41) is 0.898. The smallest absolute Gasteiger partial charge is 0.195 e. The van der Waals surface area contributed by atoms with Gasteiger partial charge < -0.3 is 0 Å². The summed E-state index contributed by atoms with van der Waals surface area (Å²) in [5.41, 5.74) is -0.307. The summed E-state index contributed by atoms with van der Waals surface area (Å²) in [7, 11) is 0. The highest BCUT2D eigenvalue weighted by Gasteiger charge is 2.37. The van der Waals surface area contributed by atoms with Crippen LogP contribution in [-0.4, -0.2) is 16.3 Å². The highest BCUT2D eigenvalue weighted by molar-refractivity contribution is 8.00. The number of ketones is 1. The van der Waals surface area contributed by atoms with Gasteiger partial charge in [-0.1, -0.05) is 6.42 Å². The second-order valence-corrected chi connectivity index (χ2v) is 7.17. The summed E-state index contributed by atoms with van der Waals surface area (Å²) in [6.45, 7) is 0. The molecule has 20 heavy (non-hydrogen) atoms. The van der Waals surface area contributed by atoms with Gasteiger partial charge >= 0.3 is 0 Å². The van der Waals surface area contributed by atoms with Crippen LogP contribution in [0.25, 0.3) is 0 Å². The van der Waals surface area contributed by atoms with Crippen LogP contribution in [0.1, 0.15) is 42.5 Å². The average Bonchev–Trinajstić information content (AvgIpc) is 2.44. The second kappa shape index (κ2) is 5.43. The molecule has 108 valence electrons. The monoisotopic (exact) mass is 300 g/mol. The Labute approximate surface area is 119 Å². The molecule has 0 spiro atoms.